The maximum atomic E-state index is 12.9. The molecule has 2 aliphatic rings. The van der Waals surface area contributed by atoms with Crippen molar-refractivity contribution in [3.05, 3.63) is 30.7 Å². The maximum Gasteiger partial charge on any atom is 0.408 e. The molecule has 0 bridgehead atoms. The van der Waals surface area contributed by atoms with E-state index >= 15 is 0 Å². The van der Waals surface area contributed by atoms with Gasteiger partial charge in [-0.15, -0.1) is 0 Å². The Hall–Kier alpha value is -3.04. The Kier molecular flexibility index (Phi) is 4.44. The summed E-state index contributed by atoms with van der Waals surface area (Å²) in [7, 11) is 0. The average molecular weight is 418 g/mol. The summed E-state index contributed by atoms with van der Waals surface area (Å²) in [5, 5.41) is 3.72. The zero-order chi connectivity index (χ0) is 20.9. The van der Waals surface area contributed by atoms with Crippen LogP contribution in [-0.2, 0) is 13.1 Å². The first-order valence-corrected chi connectivity index (χ1v) is 9.95. The molecular formula is C20H21F3N6O. The highest BCUT2D eigenvalue weighted by Gasteiger charge is 2.31. The normalized spacial score (nSPS) is 18.7. The number of benzene rings is 1. The van der Waals surface area contributed by atoms with E-state index in [-0.39, 0.29) is 5.82 Å². The van der Waals surface area contributed by atoms with Gasteiger partial charge in [-0.25, -0.2) is 14.6 Å². The van der Waals surface area contributed by atoms with Crippen molar-refractivity contribution in [1.29, 1.82) is 0 Å². The van der Waals surface area contributed by atoms with Crippen molar-refractivity contribution in [1.82, 2.24) is 24.3 Å². The van der Waals surface area contributed by atoms with Crippen molar-refractivity contribution in [2.24, 2.45) is 0 Å². The molecule has 0 N–H and O–H groups in total. The highest BCUT2D eigenvalue weighted by Crippen LogP contribution is 2.38. The molecule has 1 atom stereocenters. The number of alkyl halides is 3. The Morgan fingerprint density at radius 1 is 1.20 bits per heavy atom. The van der Waals surface area contributed by atoms with Gasteiger partial charge >= 0.3 is 6.18 Å². The Morgan fingerprint density at radius 3 is 2.83 bits per heavy atom. The van der Waals surface area contributed by atoms with Gasteiger partial charge in [-0.3, -0.25) is 0 Å². The highest BCUT2D eigenvalue weighted by molar-refractivity contribution is 5.72. The molecule has 1 fully saturated rings. The first-order valence-electron chi connectivity index (χ1n) is 9.95. The molecule has 1 saturated heterocycles. The van der Waals surface area contributed by atoms with Gasteiger partial charge in [0, 0.05) is 30.5 Å². The third-order valence-electron chi connectivity index (χ3n) is 5.63. The summed E-state index contributed by atoms with van der Waals surface area (Å²) in [5.41, 5.74) is 2.29. The number of nitrogens with zero attached hydrogens (tertiary/aromatic N) is 6. The molecule has 3 aromatic rings. The van der Waals surface area contributed by atoms with Crippen molar-refractivity contribution >= 4 is 5.69 Å². The fraction of sp³-hybridized carbons (Fsp3) is 0.450. The van der Waals surface area contributed by atoms with Gasteiger partial charge in [-0.05, 0) is 31.9 Å². The van der Waals surface area contributed by atoms with Gasteiger partial charge in [0.05, 0.1) is 12.1 Å². The highest BCUT2D eigenvalue weighted by atomic mass is 19.4. The Balaban J connectivity index is 1.52. The van der Waals surface area contributed by atoms with E-state index in [1.165, 1.54) is 12.8 Å². The van der Waals surface area contributed by atoms with Crippen LogP contribution >= 0.6 is 0 Å². The van der Waals surface area contributed by atoms with Crippen LogP contribution in [0.2, 0.25) is 0 Å². The second-order valence-corrected chi connectivity index (χ2v) is 7.71. The number of hydrogen-bond acceptors (Lipinski definition) is 5. The van der Waals surface area contributed by atoms with E-state index in [2.05, 4.69) is 33.0 Å². The SMILES string of the molecule is C[C@@H]1CCCN1c1ccc2c(c1)OCCn1cc(-c3ncnn3CC(F)(F)F)nc1-2. The van der Waals surface area contributed by atoms with Crippen LogP contribution in [0.25, 0.3) is 22.9 Å². The minimum absolute atomic E-state index is 0.0953. The van der Waals surface area contributed by atoms with Crippen LogP contribution in [0.3, 0.4) is 0 Å². The third kappa shape index (κ3) is 3.40. The molecule has 30 heavy (non-hydrogen) atoms. The number of aromatic nitrogens is 5. The first kappa shape index (κ1) is 19.0. The van der Waals surface area contributed by atoms with E-state index in [1.807, 2.05) is 16.7 Å². The number of halogens is 3. The molecule has 1 aromatic carbocycles. The van der Waals surface area contributed by atoms with Crippen LogP contribution in [-0.4, -0.2) is 49.7 Å². The van der Waals surface area contributed by atoms with E-state index < -0.39 is 12.7 Å². The summed E-state index contributed by atoms with van der Waals surface area (Å²) in [4.78, 5) is 11.0. The van der Waals surface area contributed by atoms with E-state index in [4.69, 9.17) is 4.74 Å². The number of hydrogen-bond donors (Lipinski definition) is 0. The topological polar surface area (TPSA) is 61.0 Å². The van der Waals surface area contributed by atoms with Gasteiger partial charge in [0.2, 0.25) is 0 Å². The summed E-state index contributed by atoms with van der Waals surface area (Å²) in [6.45, 7) is 3.02. The largest absolute Gasteiger partial charge is 0.491 e. The predicted octanol–water partition coefficient (Wildman–Crippen LogP) is 3.75. The molecular weight excluding hydrogens is 397 g/mol. The number of imidazole rings is 1. The van der Waals surface area contributed by atoms with Gasteiger partial charge in [-0.2, -0.15) is 18.3 Å². The molecule has 7 nitrogen and oxygen atoms in total. The lowest BCUT2D eigenvalue weighted by Crippen LogP contribution is -2.26. The van der Waals surface area contributed by atoms with Crippen LogP contribution in [0.4, 0.5) is 18.9 Å². The van der Waals surface area contributed by atoms with Gasteiger partial charge in [-0.1, -0.05) is 0 Å². The lowest BCUT2D eigenvalue weighted by Gasteiger charge is -2.24. The first-order chi connectivity index (χ1) is 14.4. The summed E-state index contributed by atoms with van der Waals surface area (Å²) in [6.07, 6.45) is 0.784. The predicted molar refractivity (Wildman–Crippen MR) is 104 cm³/mol. The number of fused-ring (bicyclic) bond motifs is 3. The lowest BCUT2D eigenvalue weighted by atomic mass is 10.1. The summed E-state index contributed by atoms with van der Waals surface area (Å²) in [6, 6.07) is 6.56. The summed E-state index contributed by atoms with van der Waals surface area (Å²) in [5.74, 6) is 1.48. The third-order valence-corrected chi connectivity index (χ3v) is 5.63. The molecule has 10 heteroatoms. The summed E-state index contributed by atoms with van der Waals surface area (Å²) < 4.78 is 47.3. The van der Waals surface area contributed by atoms with E-state index in [1.54, 1.807) is 6.20 Å². The van der Waals surface area contributed by atoms with Gasteiger partial charge in [0.25, 0.3) is 0 Å². The Morgan fingerprint density at radius 2 is 2.07 bits per heavy atom. The zero-order valence-corrected chi connectivity index (χ0v) is 16.4. The number of ether oxygens (including phenoxy) is 1. The molecule has 0 radical (unpaired) electrons. The smallest absolute Gasteiger partial charge is 0.408 e. The molecule has 158 valence electrons. The molecule has 2 aliphatic heterocycles. The zero-order valence-electron chi connectivity index (χ0n) is 16.4. The monoisotopic (exact) mass is 418 g/mol. The quantitative estimate of drug-likeness (QED) is 0.648. The van der Waals surface area contributed by atoms with Crippen molar-refractivity contribution in [3.8, 4) is 28.7 Å². The number of rotatable bonds is 3. The van der Waals surface area contributed by atoms with Crippen molar-refractivity contribution in [3.63, 3.8) is 0 Å². The van der Waals surface area contributed by atoms with Crippen LogP contribution in [0, 0.1) is 0 Å². The molecule has 0 amide bonds. The van der Waals surface area contributed by atoms with Crippen LogP contribution in [0.1, 0.15) is 19.8 Å². The second kappa shape index (κ2) is 7.03. The van der Waals surface area contributed by atoms with E-state index in [0.29, 0.717) is 30.7 Å². The fourth-order valence-electron chi connectivity index (χ4n) is 4.22. The molecule has 0 unspecified atom stereocenters. The van der Waals surface area contributed by atoms with Gasteiger partial charge in [0.1, 0.15) is 36.7 Å². The minimum atomic E-state index is -4.39. The molecule has 0 spiro atoms. The van der Waals surface area contributed by atoms with Crippen molar-refractivity contribution < 1.29 is 17.9 Å². The van der Waals surface area contributed by atoms with Crippen LogP contribution in [0.5, 0.6) is 5.75 Å². The molecule has 2 aromatic heterocycles. The fourth-order valence-corrected chi connectivity index (χ4v) is 4.22. The van der Waals surface area contributed by atoms with Crippen LogP contribution < -0.4 is 9.64 Å². The van der Waals surface area contributed by atoms with Gasteiger partial charge < -0.3 is 14.2 Å². The molecule has 0 saturated carbocycles. The van der Waals surface area contributed by atoms with Crippen LogP contribution in [0.15, 0.2) is 30.7 Å². The number of anilines is 1. The van der Waals surface area contributed by atoms with Gasteiger partial charge in [0.15, 0.2) is 5.82 Å². The van der Waals surface area contributed by atoms with Crippen molar-refractivity contribution in [2.75, 3.05) is 18.1 Å². The molecule has 4 heterocycles. The summed E-state index contributed by atoms with van der Waals surface area (Å²) >= 11 is 0. The van der Waals surface area contributed by atoms with E-state index in [0.717, 1.165) is 34.6 Å². The average Bonchev–Trinajstić information content (AvgIpc) is 3.39. The van der Waals surface area contributed by atoms with Crippen molar-refractivity contribution in [2.45, 2.75) is 45.1 Å². The second-order valence-electron chi connectivity index (χ2n) is 7.71. The lowest BCUT2D eigenvalue weighted by molar-refractivity contribution is -0.142. The van der Waals surface area contributed by atoms with E-state index in [9.17, 15) is 13.2 Å². The molecule has 5 rings (SSSR count). The standard InChI is InChI=1S/C20H21F3N6O/c1-13-3-2-6-28(13)14-4-5-15-17(9-14)30-8-7-27-10-16(26-18(15)27)19-24-12-25-29(19)11-20(21,22)23/h4-5,9-10,12-13H,2-3,6-8,11H2,1H3/t13-/m1/s1. The Bertz CT molecular complexity index is 1070. The molecule has 0 aliphatic carbocycles. The maximum absolute atomic E-state index is 12.9. The Labute approximate surface area is 171 Å². The minimum Gasteiger partial charge on any atom is -0.491 e.